The molecule has 6 nitrogen and oxygen atoms in total. The maximum atomic E-state index is 12.9. The van der Waals surface area contributed by atoms with Gasteiger partial charge in [0, 0.05) is 11.8 Å². The second-order valence-corrected chi connectivity index (χ2v) is 5.81. The van der Waals surface area contributed by atoms with Crippen LogP contribution in [0.4, 0.5) is 30.2 Å². The molecule has 0 saturated carbocycles. The summed E-state index contributed by atoms with van der Waals surface area (Å²) in [6.45, 7) is 1.95. The second kappa shape index (κ2) is 8.26. The molecule has 1 N–H and O–H groups in total. The van der Waals surface area contributed by atoms with Crippen LogP contribution in [-0.2, 0) is 22.1 Å². The van der Waals surface area contributed by atoms with Gasteiger partial charge in [-0.2, -0.15) is 13.2 Å². The van der Waals surface area contributed by atoms with E-state index in [1.807, 2.05) is 0 Å². The zero-order valence-electron chi connectivity index (χ0n) is 14.0. The van der Waals surface area contributed by atoms with Crippen LogP contribution >= 0.6 is 11.6 Å². The summed E-state index contributed by atoms with van der Waals surface area (Å²) in [5, 5.41) is 13.2. The molecule has 2 aromatic carbocycles. The Hall–Kier alpha value is -2.81. The summed E-state index contributed by atoms with van der Waals surface area (Å²) in [5.41, 5.74) is -1.20. The molecule has 0 bridgehead atoms. The molecule has 0 fully saturated rings. The Bertz CT molecular complexity index is 854. The molecule has 0 amide bonds. The predicted molar refractivity (Wildman–Crippen MR) is 93.2 cm³/mol. The summed E-state index contributed by atoms with van der Waals surface area (Å²) in [4.78, 5) is 21.7. The van der Waals surface area contributed by atoms with Crippen LogP contribution in [0.15, 0.2) is 36.4 Å². The molecule has 0 aromatic heterocycles. The van der Waals surface area contributed by atoms with Crippen molar-refractivity contribution in [2.24, 2.45) is 0 Å². The lowest BCUT2D eigenvalue weighted by Crippen LogP contribution is -2.08. The third-order valence-electron chi connectivity index (χ3n) is 3.47. The fourth-order valence-electron chi connectivity index (χ4n) is 2.27. The molecule has 0 unspecified atom stereocenters. The van der Waals surface area contributed by atoms with Crippen LogP contribution in [0.5, 0.6) is 0 Å². The highest BCUT2D eigenvalue weighted by molar-refractivity contribution is 6.31. The van der Waals surface area contributed by atoms with Crippen molar-refractivity contribution in [1.29, 1.82) is 0 Å². The monoisotopic (exact) mass is 402 g/mol. The Morgan fingerprint density at radius 1 is 1.26 bits per heavy atom. The molecule has 0 aliphatic carbocycles. The number of benzene rings is 2. The first-order valence-electron chi connectivity index (χ1n) is 7.68. The van der Waals surface area contributed by atoms with Gasteiger partial charge in [0.2, 0.25) is 0 Å². The maximum absolute atomic E-state index is 12.9. The zero-order chi connectivity index (χ0) is 20.2. The molecule has 0 saturated heterocycles. The van der Waals surface area contributed by atoms with Crippen LogP contribution < -0.4 is 5.32 Å². The number of nitrogens with zero attached hydrogens (tertiary/aromatic N) is 1. The molecule has 0 atom stereocenters. The standard InChI is InChI=1S/C17H14ClF3N2O4/c1-2-27-16(24)7-10-3-5-11(6-4-10)22-14-9-13(18)12(17(19,20)21)8-15(14)23(25)26/h3-6,8-9,22H,2,7H2,1H3. The number of esters is 1. The average Bonchev–Trinajstić information content (AvgIpc) is 2.55. The van der Waals surface area contributed by atoms with Crippen molar-refractivity contribution in [3.8, 4) is 0 Å². The minimum absolute atomic E-state index is 0.0559. The first-order chi connectivity index (χ1) is 12.6. The SMILES string of the molecule is CCOC(=O)Cc1ccc(Nc2cc(Cl)c(C(F)(F)F)cc2[N+](=O)[O-])cc1. The number of alkyl halides is 3. The molecule has 0 aliphatic rings. The van der Waals surface area contributed by atoms with Gasteiger partial charge in [0.15, 0.2) is 0 Å². The molecular weight excluding hydrogens is 389 g/mol. The number of rotatable bonds is 6. The van der Waals surface area contributed by atoms with E-state index in [4.69, 9.17) is 16.3 Å². The molecule has 2 rings (SSSR count). The quantitative estimate of drug-likeness (QED) is 0.412. The molecular formula is C17H14ClF3N2O4. The molecule has 2 aromatic rings. The molecule has 0 heterocycles. The highest BCUT2D eigenvalue weighted by atomic mass is 35.5. The lowest BCUT2D eigenvalue weighted by atomic mass is 10.1. The van der Waals surface area contributed by atoms with Gasteiger partial charge in [-0.3, -0.25) is 14.9 Å². The first-order valence-corrected chi connectivity index (χ1v) is 8.06. The summed E-state index contributed by atoms with van der Waals surface area (Å²) in [6, 6.07) is 7.50. The number of nitrogens with one attached hydrogen (secondary N) is 1. The summed E-state index contributed by atoms with van der Waals surface area (Å²) < 4.78 is 43.5. The third kappa shape index (κ3) is 5.33. The number of anilines is 2. The summed E-state index contributed by atoms with van der Waals surface area (Å²) >= 11 is 5.64. The average molecular weight is 403 g/mol. The maximum Gasteiger partial charge on any atom is 0.418 e. The van der Waals surface area contributed by atoms with Gasteiger partial charge >= 0.3 is 12.1 Å². The van der Waals surface area contributed by atoms with E-state index in [0.29, 0.717) is 17.3 Å². The number of carbonyl (C=O) groups is 1. The van der Waals surface area contributed by atoms with Crippen molar-refractivity contribution in [2.45, 2.75) is 19.5 Å². The zero-order valence-corrected chi connectivity index (χ0v) is 14.7. The Kier molecular flexibility index (Phi) is 6.27. The van der Waals surface area contributed by atoms with Crippen LogP contribution in [0.25, 0.3) is 0 Å². The fourth-order valence-corrected chi connectivity index (χ4v) is 2.54. The number of hydrogen-bond donors (Lipinski definition) is 1. The largest absolute Gasteiger partial charge is 0.466 e. The molecule has 27 heavy (non-hydrogen) atoms. The van der Waals surface area contributed by atoms with Crippen LogP contribution in [0, 0.1) is 10.1 Å². The van der Waals surface area contributed by atoms with Gasteiger partial charge in [-0.05, 0) is 30.7 Å². The van der Waals surface area contributed by atoms with Crippen molar-refractivity contribution in [1.82, 2.24) is 0 Å². The Morgan fingerprint density at radius 3 is 2.41 bits per heavy atom. The van der Waals surface area contributed by atoms with Crippen molar-refractivity contribution < 1.29 is 27.6 Å². The van der Waals surface area contributed by atoms with E-state index in [-0.39, 0.29) is 18.7 Å². The minimum Gasteiger partial charge on any atom is -0.466 e. The van der Waals surface area contributed by atoms with Gasteiger partial charge in [0.1, 0.15) is 5.69 Å². The van der Waals surface area contributed by atoms with Crippen molar-refractivity contribution >= 4 is 34.6 Å². The number of carbonyl (C=O) groups excluding carboxylic acids is 1. The van der Waals surface area contributed by atoms with Gasteiger partial charge in [-0.15, -0.1) is 0 Å². The van der Waals surface area contributed by atoms with E-state index < -0.39 is 33.3 Å². The molecule has 0 radical (unpaired) electrons. The third-order valence-corrected chi connectivity index (χ3v) is 3.79. The topological polar surface area (TPSA) is 81.5 Å². The molecule has 0 aliphatic heterocycles. The van der Waals surface area contributed by atoms with Gasteiger partial charge in [-0.1, -0.05) is 23.7 Å². The van der Waals surface area contributed by atoms with E-state index in [2.05, 4.69) is 5.32 Å². The molecule has 0 spiro atoms. The number of nitro groups is 1. The second-order valence-electron chi connectivity index (χ2n) is 5.41. The number of ether oxygens (including phenoxy) is 1. The van der Waals surface area contributed by atoms with E-state index >= 15 is 0 Å². The van der Waals surface area contributed by atoms with Gasteiger partial charge in [0.25, 0.3) is 5.69 Å². The summed E-state index contributed by atoms with van der Waals surface area (Å²) in [5.74, 6) is -0.400. The Morgan fingerprint density at radius 2 is 1.89 bits per heavy atom. The van der Waals surface area contributed by atoms with Crippen molar-refractivity contribution in [3.63, 3.8) is 0 Å². The molecule has 144 valence electrons. The summed E-state index contributed by atoms with van der Waals surface area (Å²) in [7, 11) is 0. The Balaban J connectivity index is 2.27. The lowest BCUT2D eigenvalue weighted by molar-refractivity contribution is -0.384. The van der Waals surface area contributed by atoms with E-state index in [1.54, 1.807) is 19.1 Å². The predicted octanol–water partition coefficient (Wildman–Crippen LogP) is 5.12. The number of nitro benzene ring substituents is 1. The summed E-state index contributed by atoms with van der Waals surface area (Å²) in [6.07, 6.45) is -4.75. The Labute approximate surface area is 157 Å². The minimum atomic E-state index is -4.81. The van der Waals surface area contributed by atoms with Crippen molar-refractivity contribution in [2.75, 3.05) is 11.9 Å². The smallest absolute Gasteiger partial charge is 0.418 e. The first kappa shape index (κ1) is 20.5. The van der Waals surface area contributed by atoms with Crippen LogP contribution in [0.3, 0.4) is 0 Å². The van der Waals surface area contributed by atoms with Crippen LogP contribution in [0.1, 0.15) is 18.1 Å². The van der Waals surface area contributed by atoms with Gasteiger partial charge in [-0.25, -0.2) is 0 Å². The van der Waals surface area contributed by atoms with E-state index in [9.17, 15) is 28.1 Å². The number of halogens is 4. The van der Waals surface area contributed by atoms with E-state index in [1.165, 1.54) is 12.1 Å². The van der Waals surface area contributed by atoms with Crippen LogP contribution in [0.2, 0.25) is 5.02 Å². The number of hydrogen-bond acceptors (Lipinski definition) is 5. The van der Waals surface area contributed by atoms with Gasteiger partial charge < -0.3 is 10.1 Å². The van der Waals surface area contributed by atoms with Gasteiger partial charge in [0.05, 0.1) is 28.5 Å². The highest BCUT2D eigenvalue weighted by Gasteiger charge is 2.36. The van der Waals surface area contributed by atoms with Crippen LogP contribution in [-0.4, -0.2) is 17.5 Å². The lowest BCUT2D eigenvalue weighted by Gasteiger charge is -2.13. The van der Waals surface area contributed by atoms with E-state index in [0.717, 1.165) is 6.07 Å². The highest BCUT2D eigenvalue weighted by Crippen LogP contribution is 2.41. The van der Waals surface area contributed by atoms with Crippen molar-refractivity contribution in [3.05, 3.63) is 62.7 Å². The normalized spacial score (nSPS) is 11.1. The fraction of sp³-hybridized carbons (Fsp3) is 0.235. The molecule has 10 heteroatoms.